The third kappa shape index (κ3) is 2.81. The van der Waals surface area contributed by atoms with E-state index in [0.29, 0.717) is 11.8 Å². The number of halogens is 1. The number of nitrogens with zero attached hydrogens (tertiary/aromatic N) is 3. The average molecular weight is 339 g/mol. The van der Waals surface area contributed by atoms with Crippen molar-refractivity contribution in [2.45, 2.75) is 25.7 Å². The minimum atomic E-state index is 0.289. The van der Waals surface area contributed by atoms with Gasteiger partial charge in [0, 0.05) is 31.7 Å². The highest BCUT2D eigenvalue weighted by molar-refractivity contribution is 9.10. The molecule has 20 heavy (non-hydrogen) atoms. The van der Waals surface area contributed by atoms with Crippen LogP contribution >= 0.6 is 15.9 Å². The Balaban J connectivity index is 1.74. The summed E-state index contributed by atoms with van der Waals surface area (Å²) in [5.74, 6) is 1.73. The molecule has 2 aromatic heterocycles. The topological polar surface area (TPSA) is 62.5 Å². The summed E-state index contributed by atoms with van der Waals surface area (Å²) in [7, 11) is 0. The molecule has 2 aromatic rings. The molecule has 2 N–H and O–H groups in total. The highest BCUT2D eigenvalue weighted by Crippen LogP contribution is 2.30. The van der Waals surface area contributed by atoms with Gasteiger partial charge in [0.25, 0.3) is 0 Å². The first-order valence-corrected chi connectivity index (χ1v) is 7.91. The molecule has 5 nitrogen and oxygen atoms in total. The third-order valence-corrected chi connectivity index (χ3v) is 4.56. The zero-order valence-corrected chi connectivity index (χ0v) is 12.9. The van der Waals surface area contributed by atoms with Crippen molar-refractivity contribution in [1.29, 1.82) is 0 Å². The Kier molecular flexibility index (Phi) is 4.21. The first-order valence-electron chi connectivity index (χ1n) is 7.12. The van der Waals surface area contributed by atoms with E-state index in [1.54, 1.807) is 6.20 Å². The van der Waals surface area contributed by atoms with E-state index < -0.39 is 0 Å². The molecule has 0 radical (unpaired) electrons. The predicted octanol–water partition coefficient (Wildman–Crippen LogP) is 2.70. The summed E-state index contributed by atoms with van der Waals surface area (Å²) in [5.41, 5.74) is 0.838. The molecular formula is C14H19BrN4O. The van der Waals surface area contributed by atoms with Crippen molar-refractivity contribution >= 4 is 27.4 Å². The third-order valence-electron chi connectivity index (χ3n) is 4.18. The fourth-order valence-electron chi connectivity index (χ4n) is 3.04. The van der Waals surface area contributed by atoms with E-state index in [0.717, 1.165) is 29.0 Å². The van der Waals surface area contributed by atoms with E-state index in [4.69, 9.17) is 0 Å². The number of fused-ring (bicyclic) bond motifs is 1. The van der Waals surface area contributed by atoms with Crippen molar-refractivity contribution < 1.29 is 5.11 Å². The van der Waals surface area contributed by atoms with Crippen LogP contribution < -0.4 is 5.32 Å². The summed E-state index contributed by atoms with van der Waals surface area (Å²) < 4.78 is 2.73. The lowest BCUT2D eigenvalue weighted by Gasteiger charge is -2.30. The quantitative estimate of drug-likeness (QED) is 0.899. The van der Waals surface area contributed by atoms with Crippen molar-refractivity contribution in [2.24, 2.45) is 11.8 Å². The van der Waals surface area contributed by atoms with Crippen LogP contribution in [0.3, 0.4) is 0 Å². The van der Waals surface area contributed by atoms with Crippen molar-refractivity contribution in [3.8, 4) is 0 Å². The number of aliphatic hydroxyl groups excluding tert-OH is 1. The van der Waals surface area contributed by atoms with E-state index >= 15 is 0 Å². The Labute approximate surface area is 126 Å². The van der Waals surface area contributed by atoms with Gasteiger partial charge in [0.05, 0.1) is 0 Å². The lowest BCUT2D eigenvalue weighted by atomic mass is 9.79. The molecule has 0 amide bonds. The number of rotatable bonds is 4. The standard InChI is InChI=1S/C14H19BrN4O/c15-12-8-19-6-5-16-14(19)13(18-12)17-7-10-3-1-2-4-11(10)9-20/h5-6,8,10-11,20H,1-4,7,9H2,(H,17,18). The molecule has 1 saturated carbocycles. The van der Waals surface area contributed by atoms with Gasteiger partial charge in [-0.2, -0.15) is 0 Å². The smallest absolute Gasteiger partial charge is 0.180 e. The molecule has 2 heterocycles. The minimum absolute atomic E-state index is 0.289. The molecule has 2 unspecified atom stereocenters. The summed E-state index contributed by atoms with van der Waals surface area (Å²) in [6.07, 6.45) is 10.4. The van der Waals surface area contributed by atoms with Crippen LogP contribution in [0.5, 0.6) is 0 Å². The highest BCUT2D eigenvalue weighted by Gasteiger charge is 2.24. The second-order valence-corrected chi connectivity index (χ2v) is 6.25. The van der Waals surface area contributed by atoms with Crippen LogP contribution in [0.2, 0.25) is 0 Å². The molecule has 108 valence electrons. The lowest BCUT2D eigenvalue weighted by molar-refractivity contribution is 0.141. The molecule has 0 aliphatic heterocycles. The molecule has 2 atom stereocenters. The van der Waals surface area contributed by atoms with Crippen molar-refractivity contribution in [1.82, 2.24) is 14.4 Å². The van der Waals surface area contributed by atoms with E-state index in [9.17, 15) is 5.11 Å². The number of aromatic nitrogens is 3. The summed E-state index contributed by atoms with van der Waals surface area (Å²) in [6, 6.07) is 0. The Hall–Kier alpha value is -1.14. The van der Waals surface area contributed by atoms with Crippen LogP contribution in [0.1, 0.15) is 25.7 Å². The van der Waals surface area contributed by atoms with Gasteiger partial charge in [-0.15, -0.1) is 0 Å². The van der Waals surface area contributed by atoms with Crippen molar-refractivity contribution in [3.05, 3.63) is 23.2 Å². The molecule has 0 saturated heterocycles. The van der Waals surface area contributed by atoms with Gasteiger partial charge in [-0.25, -0.2) is 9.97 Å². The Morgan fingerprint density at radius 1 is 1.35 bits per heavy atom. The molecule has 1 aliphatic rings. The minimum Gasteiger partial charge on any atom is -0.396 e. The van der Waals surface area contributed by atoms with Crippen LogP contribution in [0, 0.1) is 11.8 Å². The van der Waals surface area contributed by atoms with Gasteiger partial charge in [-0.3, -0.25) is 0 Å². The van der Waals surface area contributed by atoms with Crippen LogP contribution in [-0.2, 0) is 0 Å². The van der Waals surface area contributed by atoms with Crippen molar-refractivity contribution in [3.63, 3.8) is 0 Å². The lowest BCUT2D eigenvalue weighted by Crippen LogP contribution is -2.29. The Bertz CT molecular complexity index is 586. The normalized spacial score (nSPS) is 23.1. The van der Waals surface area contributed by atoms with Gasteiger partial charge in [0.15, 0.2) is 11.5 Å². The largest absolute Gasteiger partial charge is 0.396 e. The van der Waals surface area contributed by atoms with Crippen LogP contribution in [0.4, 0.5) is 5.82 Å². The molecular weight excluding hydrogens is 320 g/mol. The number of aliphatic hydroxyl groups is 1. The van der Waals surface area contributed by atoms with E-state index in [1.807, 2.05) is 16.8 Å². The van der Waals surface area contributed by atoms with Crippen molar-refractivity contribution in [2.75, 3.05) is 18.5 Å². The van der Waals surface area contributed by atoms with Crippen LogP contribution in [0.25, 0.3) is 5.65 Å². The van der Waals surface area contributed by atoms with Crippen LogP contribution in [0.15, 0.2) is 23.2 Å². The number of imidazole rings is 1. The van der Waals surface area contributed by atoms with Gasteiger partial charge >= 0.3 is 0 Å². The number of hydrogen-bond acceptors (Lipinski definition) is 4. The SMILES string of the molecule is OCC1CCCCC1CNc1nc(Br)cn2ccnc12. The van der Waals surface area contributed by atoms with Gasteiger partial charge in [-0.05, 0) is 40.6 Å². The fourth-order valence-corrected chi connectivity index (χ4v) is 3.44. The fraction of sp³-hybridized carbons (Fsp3) is 0.571. The summed E-state index contributed by atoms with van der Waals surface area (Å²) in [5, 5.41) is 12.9. The average Bonchev–Trinajstić information content (AvgIpc) is 2.93. The molecule has 0 aromatic carbocycles. The first-order chi connectivity index (χ1) is 9.78. The zero-order valence-electron chi connectivity index (χ0n) is 11.3. The zero-order chi connectivity index (χ0) is 13.9. The molecule has 3 rings (SSSR count). The molecule has 0 bridgehead atoms. The maximum atomic E-state index is 9.47. The number of nitrogens with one attached hydrogen (secondary N) is 1. The molecule has 1 aliphatic carbocycles. The summed E-state index contributed by atoms with van der Waals surface area (Å²) in [6.45, 7) is 1.13. The molecule has 0 spiro atoms. The van der Waals surface area contributed by atoms with Crippen LogP contribution in [-0.4, -0.2) is 32.6 Å². The Morgan fingerprint density at radius 3 is 2.95 bits per heavy atom. The van der Waals surface area contributed by atoms with E-state index in [-0.39, 0.29) is 6.61 Å². The summed E-state index contributed by atoms with van der Waals surface area (Å²) >= 11 is 3.42. The predicted molar refractivity (Wildman–Crippen MR) is 81.7 cm³/mol. The maximum absolute atomic E-state index is 9.47. The number of hydrogen-bond donors (Lipinski definition) is 2. The second kappa shape index (κ2) is 6.10. The highest BCUT2D eigenvalue weighted by atomic mass is 79.9. The van der Waals surface area contributed by atoms with E-state index in [2.05, 4.69) is 31.2 Å². The first kappa shape index (κ1) is 13.8. The second-order valence-electron chi connectivity index (χ2n) is 5.44. The Morgan fingerprint density at radius 2 is 2.15 bits per heavy atom. The van der Waals surface area contributed by atoms with Gasteiger partial charge in [0.2, 0.25) is 0 Å². The molecule has 1 fully saturated rings. The number of anilines is 1. The maximum Gasteiger partial charge on any atom is 0.180 e. The molecule has 6 heteroatoms. The monoisotopic (exact) mass is 338 g/mol. The van der Waals surface area contributed by atoms with Gasteiger partial charge in [0.1, 0.15) is 4.60 Å². The van der Waals surface area contributed by atoms with E-state index in [1.165, 1.54) is 19.3 Å². The van der Waals surface area contributed by atoms with Gasteiger partial charge in [-0.1, -0.05) is 12.8 Å². The van der Waals surface area contributed by atoms with Gasteiger partial charge < -0.3 is 14.8 Å². The summed E-state index contributed by atoms with van der Waals surface area (Å²) in [4.78, 5) is 8.80.